The van der Waals surface area contributed by atoms with Gasteiger partial charge in [-0.2, -0.15) is 4.98 Å². The first-order valence-electron chi connectivity index (χ1n) is 15.4. The molecular weight excluding hydrogens is 560 g/mol. The summed E-state index contributed by atoms with van der Waals surface area (Å²) in [4.78, 5) is 19.5. The molecule has 1 unspecified atom stereocenters. The van der Waals surface area contributed by atoms with Gasteiger partial charge in [-0.1, -0.05) is 30.3 Å². The van der Waals surface area contributed by atoms with E-state index in [-0.39, 0.29) is 0 Å². The Morgan fingerprint density at radius 3 is 2.42 bits per heavy atom. The molecule has 7 rings (SSSR count). The quantitative estimate of drug-likeness (QED) is 0.175. The van der Waals surface area contributed by atoms with Gasteiger partial charge in [-0.25, -0.2) is 9.97 Å². The van der Waals surface area contributed by atoms with Crippen molar-refractivity contribution in [2.24, 2.45) is 11.8 Å². The molecule has 10 heteroatoms. The van der Waals surface area contributed by atoms with Gasteiger partial charge in [0.25, 0.3) is 0 Å². The van der Waals surface area contributed by atoms with E-state index in [1.807, 2.05) is 19.2 Å². The van der Waals surface area contributed by atoms with Crippen molar-refractivity contribution in [2.75, 3.05) is 17.2 Å². The van der Waals surface area contributed by atoms with E-state index < -0.39 is 29.8 Å². The fourth-order valence-electron chi connectivity index (χ4n) is 6.84. The molecule has 0 spiro atoms. The minimum absolute atomic E-state index is 0.398. The lowest BCUT2D eigenvalue weighted by atomic mass is 9.71. The van der Waals surface area contributed by atoms with E-state index in [0.29, 0.717) is 35.9 Å². The number of hydrogen-bond donors (Lipinski definition) is 5. The van der Waals surface area contributed by atoms with Gasteiger partial charge < -0.3 is 26.0 Å². The van der Waals surface area contributed by atoms with Crippen LogP contribution in [0.4, 0.5) is 11.8 Å². The molecule has 3 heterocycles. The van der Waals surface area contributed by atoms with Crippen LogP contribution in [0.25, 0.3) is 20.8 Å². The molecule has 9 nitrogen and oxygen atoms in total. The van der Waals surface area contributed by atoms with Gasteiger partial charge in [-0.15, -0.1) is 11.3 Å². The first-order valence-corrected chi connectivity index (χ1v) is 16.3. The van der Waals surface area contributed by atoms with Gasteiger partial charge in [0.15, 0.2) is 0 Å². The van der Waals surface area contributed by atoms with Crippen molar-refractivity contribution < 1.29 is 15.3 Å². The van der Waals surface area contributed by atoms with E-state index in [1.54, 1.807) is 25.2 Å². The fraction of sp³-hybridized carbons (Fsp3) is 0.515. The Kier molecular flexibility index (Phi) is 7.36. The topological polar surface area (TPSA) is 136 Å². The van der Waals surface area contributed by atoms with Gasteiger partial charge in [-0.05, 0) is 76.3 Å². The van der Waals surface area contributed by atoms with Crippen molar-refractivity contribution in [1.29, 1.82) is 0 Å². The summed E-state index contributed by atoms with van der Waals surface area (Å²) in [5.74, 6) is 2.24. The highest BCUT2D eigenvalue weighted by atomic mass is 32.1. The zero-order valence-corrected chi connectivity index (χ0v) is 25.7. The predicted octanol–water partition coefficient (Wildman–Crippen LogP) is 5.23. The lowest BCUT2D eigenvalue weighted by molar-refractivity contribution is -0.0601. The number of aliphatic hydroxyl groups excluding tert-OH is 2. The maximum absolute atomic E-state index is 11.0. The highest BCUT2D eigenvalue weighted by Gasteiger charge is 2.48. The van der Waals surface area contributed by atoms with E-state index in [0.717, 1.165) is 64.4 Å². The molecule has 1 aromatic carbocycles. The van der Waals surface area contributed by atoms with Crippen LogP contribution in [0.5, 0.6) is 0 Å². The number of thiazole rings is 1. The van der Waals surface area contributed by atoms with E-state index in [9.17, 15) is 15.3 Å². The number of benzene rings is 1. The van der Waals surface area contributed by atoms with Gasteiger partial charge in [0.2, 0.25) is 5.95 Å². The molecule has 3 aliphatic rings. The summed E-state index contributed by atoms with van der Waals surface area (Å²) in [6, 6.07) is 12.2. The highest BCUT2D eigenvalue weighted by molar-refractivity contribution is 7.21. The van der Waals surface area contributed by atoms with Crippen LogP contribution < -0.4 is 10.6 Å². The Morgan fingerprint density at radius 2 is 1.72 bits per heavy atom. The molecule has 0 bridgehead atoms. The average Bonchev–Trinajstić information content (AvgIpc) is 3.64. The van der Waals surface area contributed by atoms with Crippen LogP contribution in [0.15, 0.2) is 42.6 Å². The van der Waals surface area contributed by atoms with Crippen LogP contribution in [0.1, 0.15) is 74.7 Å². The molecule has 0 amide bonds. The second kappa shape index (κ2) is 11.1. The van der Waals surface area contributed by atoms with Crippen molar-refractivity contribution in [2.45, 2.75) is 88.6 Å². The largest absolute Gasteiger partial charge is 0.390 e. The fourth-order valence-corrected chi connectivity index (χ4v) is 7.91. The van der Waals surface area contributed by atoms with E-state index in [4.69, 9.17) is 15.0 Å². The molecule has 4 aromatic rings. The average molecular weight is 601 g/mol. The summed E-state index contributed by atoms with van der Waals surface area (Å²) < 4.78 is 1.08. The zero-order valence-electron chi connectivity index (χ0n) is 24.9. The Bertz CT molecular complexity index is 1610. The summed E-state index contributed by atoms with van der Waals surface area (Å²) in [6.45, 7) is 6.10. The summed E-state index contributed by atoms with van der Waals surface area (Å²) in [6.07, 6.45) is 4.71. The molecule has 5 N–H and O–H groups in total. The third kappa shape index (κ3) is 5.61. The van der Waals surface area contributed by atoms with E-state index in [1.165, 1.54) is 5.56 Å². The smallest absolute Gasteiger partial charge is 0.224 e. The van der Waals surface area contributed by atoms with Gasteiger partial charge in [0.05, 0.1) is 39.4 Å². The normalized spacial score (nSPS) is 27.3. The van der Waals surface area contributed by atoms with Crippen LogP contribution >= 0.6 is 11.3 Å². The molecule has 226 valence electrons. The number of rotatable bonds is 9. The van der Waals surface area contributed by atoms with E-state index >= 15 is 0 Å². The number of aromatic nitrogens is 4. The molecule has 3 aromatic heterocycles. The van der Waals surface area contributed by atoms with E-state index in [2.05, 4.69) is 45.9 Å². The SMILES string of the molecule is Cc1nc(NCC2CC(c3ccccc3)C2)nc(NC2C[C@H](C(C)(C)O)[C@@H](O)[C@H]2O)c1-c1nc2c(C3CC3)nccc2s1. The molecule has 4 atom stereocenters. The molecular formula is C33H40N6O3S. The first kappa shape index (κ1) is 28.6. The lowest BCUT2D eigenvalue weighted by Crippen LogP contribution is -2.40. The number of aryl methyl sites for hydroxylation is 1. The third-order valence-corrected chi connectivity index (χ3v) is 10.6. The zero-order chi connectivity index (χ0) is 29.9. The van der Waals surface area contributed by atoms with Crippen molar-refractivity contribution in [3.05, 3.63) is 59.5 Å². The van der Waals surface area contributed by atoms with Crippen LogP contribution in [0, 0.1) is 18.8 Å². The second-order valence-corrected chi connectivity index (χ2v) is 14.3. The monoisotopic (exact) mass is 600 g/mol. The van der Waals surface area contributed by atoms with Crippen molar-refractivity contribution in [1.82, 2.24) is 19.9 Å². The Balaban J connectivity index is 1.17. The molecule has 0 saturated heterocycles. The van der Waals surface area contributed by atoms with Crippen LogP contribution in [-0.2, 0) is 0 Å². The molecule has 43 heavy (non-hydrogen) atoms. The van der Waals surface area contributed by atoms with Crippen LogP contribution in [0.3, 0.4) is 0 Å². The molecule has 0 aliphatic heterocycles. The molecule has 0 radical (unpaired) electrons. The van der Waals surface area contributed by atoms with Gasteiger partial charge >= 0.3 is 0 Å². The number of hydrogen-bond acceptors (Lipinski definition) is 10. The Morgan fingerprint density at radius 1 is 0.953 bits per heavy atom. The number of anilines is 2. The summed E-state index contributed by atoms with van der Waals surface area (Å²) >= 11 is 1.59. The number of fused-ring (bicyclic) bond motifs is 1. The maximum atomic E-state index is 11.0. The summed E-state index contributed by atoms with van der Waals surface area (Å²) in [7, 11) is 0. The Hall–Kier alpha value is -3.18. The lowest BCUT2D eigenvalue weighted by Gasteiger charge is -2.35. The van der Waals surface area contributed by atoms with Crippen molar-refractivity contribution >= 4 is 33.3 Å². The van der Waals surface area contributed by atoms with Crippen LogP contribution in [-0.4, -0.2) is 65.7 Å². The number of nitrogens with zero attached hydrogens (tertiary/aromatic N) is 4. The Labute approximate surface area is 255 Å². The maximum Gasteiger partial charge on any atom is 0.224 e. The second-order valence-electron chi connectivity index (χ2n) is 13.2. The summed E-state index contributed by atoms with van der Waals surface area (Å²) in [5.41, 5.74) is 3.84. The minimum atomic E-state index is -1.13. The molecule has 3 saturated carbocycles. The summed E-state index contributed by atoms with van der Waals surface area (Å²) in [5, 5.41) is 40.2. The van der Waals surface area contributed by atoms with Crippen molar-refractivity contribution in [3.63, 3.8) is 0 Å². The van der Waals surface area contributed by atoms with Crippen molar-refractivity contribution in [3.8, 4) is 10.6 Å². The predicted molar refractivity (Wildman–Crippen MR) is 169 cm³/mol. The molecule has 3 fully saturated rings. The van der Waals surface area contributed by atoms with Gasteiger partial charge in [-0.3, -0.25) is 4.98 Å². The first-order chi connectivity index (χ1) is 20.7. The number of pyridine rings is 1. The number of nitrogens with one attached hydrogen (secondary N) is 2. The standard InChI is InChI=1S/C33H40N6O3S/c1-17-25(31-38-27-24(43-31)11-12-34-26(27)20-9-10-20)30(37-23-15-22(33(2,3)42)28(40)29(23)41)39-32(36-17)35-16-18-13-21(14-18)19-7-5-4-6-8-19/h4-8,11-12,18,20-23,28-29,40-42H,9-10,13-16H2,1-3H3,(H2,35,36,37,39)/t18?,21?,22-,23?,28+,29-/m0/s1. The molecule has 3 aliphatic carbocycles. The highest BCUT2D eigenvalue weighted by Crippen LogP contribution is 2.45. The number of aliphatic hydroxyl groups is 3. The van der Waals surface area contributed by atoms with Gasteiger partial charge in [0.1, 0.15) is 22.4 Å². The minimum Gasteiger partial charge on any atom is -0.390 e. The van der Waals surface area contributed by atoms with Crippen LogP contribution in [0.2, 0.25) is 0 Å². The third-order valence-electron chi connectivity index (χ3n) is 9.57. The van der Waals surface area contributed by atoms with Gasteiger partial charge in [0, 0.05) is 24.6 Å².